The minimum absolute atomic E-state index is 0.768. The van der Waals surface area contributed by atoms with Crippen LogP contribution in [0.4, 0.5) is 0 Å². The fourth-order valence-electron chi connectivity index (χ4n) is 0.877. The molecule has 0 saturated heterocycles. The summed E-state index contributed by atoms with van der Waals surface area (Å²) in [5.74, 6) is 0.768. The zero-order valence-corrected chi connectivity index (χ0v) is 5.26. The third-order valence-electron chi connectivity index (χ3n) is 1.30. The van der Waals surface area contributed by atoms with E-state index in [1.54, 1.807) is 12.4 Å². The number of hydrogen-bond donors (Lipinski definition) is 2. The molecule has 0 spiro atoms. The van der Waals surface area contributed by atoms with Crippen molar-refractivity contribution in [2.45, 2.75) is 0 Å². The Bertz CT molecular complexity index is 355. The molecule has 0 saturated carbocycles. The van der Waals surface area contributed by atoms with Crippen LogP contribution in [0.2, 0.25) is 0 Å². The van der Waals surface area contributed by atoms with Gasteiger partial charge in [-0.2, -0.15) is 10.2 Å². The first kappa shape index (κ1) is 5.22. The monoisotopic (exact) mass is 134 g/mol. The Balaban J connectivity index is 2.96. The second kappa shape index (κ2) is 1.70. The minimum atomic E-state index is 0.768. The van der Waals surface area contributed by atoms with Crippen molar-refractivity contribution in [3.8, 4) is 0 Å². The molecule has 4 heteroatoms. The predicted octanol–water partition coefficient (Wildman–Crippen LogP) is -4.64. The van der Waals surface area contributed by atoms with Crippen LogP contribution in [0.25, 0.3) is 0 Å². The van der Waals surface area contributed by atoms with Crippen molar-refractivity contribution >= 4 is 0 Å². The van der Waals surface area contributed by atoms with Gasteiger partial charge in [0.15, 0.2) is 0 Å². The molecule has 2 N–H and O–H groups in total. The van der Waals surface area contributed by atoms with E-state index < -0.39 is 0 Å². The van der Waals surface area contributed by atoms with Gasteiger partial charge in [-0.25, -0.2) is 0 Å². The number of fused-ring (bicyclic) bond motifs is 1. The molecule has 1 aromatic rings. The zero-order chi connectivity index (χ0) is 6.97. The van der Waals surface area contributed by atoms with E-state index in [4.69, 9.17) is 0 Å². The van der Waals surface area contributed by atoms with Crippen molar-refractivity contribution in [2.24, 2.45) is 0 Å². The number of aromatic nitrogens is 2. The van der Waals surface area contributed by atoms with E-state index in [9.17, 15) is 0 Å². The van der Waals surface area contributed by atoms with Gasteiger partial charge in [0.1, 0.15) is 12.4 Å². The van der Waals surface area contributed by atoms with Gasteiger partial charge in [-0.15, -0.1) is 9.98 Å². The van der Waals surface area contributed by atoms with Crippen LogP contribution < -0.4 is 20.7 Å². The summed E-state index contributed by atoms with van der Waals surface area (Å²) in [7, 11) is 0. The van der Waals surface area contributed by atoms with Gasteiger partial charge in [-0.05, 0) is 0 Å². The normalized spacial score (nSPS) is 13.8. The third-order valence-corrected chi connectivity index (χ3v) is 1.30. The zero-order valence-electron chi connectivity index (χ0n) is 5.26. The molecule has 0 aromatic carbocycles. The Morgan fingerprint density at radius 1 is 1.10 bits per heavy atom. The molecule has 4 nitrogen and oxygen atoms in total. The number of nitrogens with zero attached hydrogens (tertiary/aromatic N) is 2. The molecule has 2 rings (SSSR count). The molecule has 0 aliphatic carbocycles. The molecule has 1 aliphatic rings. The van der Waals surface area contributed by atoms with E-state index >= 15 is 0 Å². The maximum absolute atomic E-state index is 3.70. The van der Waals surface area contributed by atoms with Crippen LogP contribution in [-0.2, 0) is 0 Å². The van der Waals surface area contributed by atoms with Gasteiger partial charge in [0.2, 0.25) is 0 Å². The van der Waals surface area contributed by atoms with Crippen LogP contribution in [0.3, 0.4) is 0 Å². The summed E-state index contributed by atoms with van der Waals surface area (Å²) in [6, 6.07) is 0. The van der Waals surface area contributed by atoms with E-state index in [0.717, 1.165) is 16.5 Å². The van der Waals surface area contributed by atoms with Crippen LogP contribution in [0.1, 0.15) is 0 Å². The van der Waals surface area contributed by atoms with Crippen LogP contribution in [0.15, 0.2) is 24.8 Å². The summed E-state index contributed by atoms with van der Waals surface area (Å²) in [4.78, 5) is 5.98. The summed E-state index contributed by atoms with van der Waals surface area (Å²) in [5, 5.41) is 9.26. The van der Waals surface area contributed by atoms with Gasteiger partial charge in [0.25, 0.3) is 0 Å². The number of rotatable bonds is 0. The van der Waals surface area contributed by atoms with Crippen molar-refractivity contribution in [1.29, 1.82) is 0 Å². The minimum Gasteiger partial charge on any atom is -0.152 e. The highest BCUT2D eigenvalue weighted by Crippen LogP contribution is 1.47. The lowest BCUT2D eigenvalue weighted by atomic mass is 10.5. The molecule has 1 aromatic heterocycles. The van der Waals surface area contributed by atoms with Gasteiger partial charge in [0, 0.05) is 6.58 Å². The van der Waals surface area contributed by atoms with E-state index in [2.05, 4.69) is 26.8 Å². The topological polar surface area (TPSA) is 53.7 Å². The van der Waals surface area contributed by atoms with Crippen molar-refractivity contribution in [1.82, 2.24) is 10.2 Å². The maximum atomic E-state index is 3.70. The highest BCUT2D eigenvalue weighted by atomic mass is 15.1. The van der Waals surface area contributed by atoms with Gasteiger partial charge < -0.3 is 0 Å². The standard InChI is InChI=1S/C6H4N4/c1-4-9-5-2-7-8-3-6(5)10-4/h2-3H,1H2/p+2. The highest BCUT2D eigenvalue weighted by Gasteiger charge is 2.13. The number of nitrogens with one attached hydrogen (secondary N) is 2. The molecule has 0 atom stereocenters. The summed E-state index contributed by atoms with van der Waals surface area (Å²) < 4.78 is 0. The molecule has 2 heterocycles. The van der Waals surface area contributed by atoms with Gasteiger partial charge in [-0.1, -0.05) is 0 Å². The molecule has 0 fully saturated rings. The van der Waals surface area contributed by atoms with E-state index in [1.807, 2.05) is 0 Å². The first-order valence-electron chi connectivity index (χ1n) is 2.90. The average Bonchev–Trinajstić information content (AvgIpc) is 2.27. The second-order valence-corrected chi connectivity index (χ2v) is 2.05. The van der Waals surface area contributed by atoms with Gasteiger partial charge in [0.05, 0.1) is 0 Å². The molecule has 1 aliphatic heterocycles. The Morgan fingerprint density at radius 3 is 2.10 bits per heavy atom. The summed E-state index contributed by atoms with van der Waals surface area (Å²) >= 11 is 0. The molecule has 0 unspecified atom stereocenters. The van der Waals surface area contributed by atoms with Crippen molar-refractivity contribution in [3.05, 3.63) is 35.5 Å². The van der Waals surface area contributed by atoms with Gasteiger partial charge in [-0.3, -0.25) is 0 Å². The maximum Gasteiger partial charge on any atom is 0.434 e. The largest absolute Gasteiger partial charge is 0.434 e. The first-order valence-corrected chi connectivity index (χ1v) is 2.90. The summed E-state index contributed by atoms with van der Waals surface area (Å²) in [5.41, 5.74) is 0. The third kappa shape index (κ3) is 0.621. The van der Waals surface area contributed by atoms with E-state index in [1.165, 1.54) is 0 Å². The molecular formula is C6H6N4+2. The smallest absolute Gasteiger partial charge is 0.152 e. The predicted molar refractivity (Wildman–Crippen MR) is 30.6 cm³/mol. The van der Waals surface area contributed by atoms with E-state index in [0.29, 0.717) is 0 Å². The lowest BCUT2D eigenvalue weighted by Crippen LogP contribution is -2.85. The Hall–Kier alpha value is -1.58. The Labute approximate surface area is 56.7 Å². The van der Waals surface area contributed by atoms with Crippen molar-refractivity contribution in [3.63, 3.8) is 0 Å². The quantitative estimate of drug-likeness (QED) is 0.375. The molecule has 0 amide bonds. The van der Waals surface area contributed by atoms with Crippen LogP contribution in [-0.4, -0.2) is 10.2 Å². The first-order chi connectivity index (χ1) is 4.86. The summed E-state index contributed by atoms with van der Waals surface area (Å²) in [6.07, 6.45) is 3.31. The fourth-order valence-corrected chi connectivity index (χ4v) is 0.877. The molecule has 10 heavy (non-hydrogen) atoms. The molecular weight excluding hydrogens is 128 g/mol. The SMILES string of the molecule is C=C1[NH+]=c2cnncc2=[NH+]1. The van der Waals surface area contributed by atoms with E-state index in [-0.39, 0.29) is 0 Å². The fraction of sp³-hybridized carbons (Fsp3) is 0. The lowest BCUT2D eigenvalue weighted by molar-refractivity contribution is -0.612. The highest BCUT2D eigenvalue weighted by molar-refractivity contribution is 4.79. The second-order valence-electron chi connectivity index (χ2n) is 2.05. The Kier molecular flexibility index (Phi) is 0.887. The average molecular weight is 134 g/mol. The lowest BCUT2D eigenvalue weighted by Gasteiger charge is -1.66. The van der Waals surface area contributed by atoms with Crippen LogP contribution in [0, 0.1) is 0 Å². The molecule has 0 bridgehead atoms. The molecule has 48 valence electrons. The molecule has 0 radical (unpaired) electrons. The summed E-state index contributed by atoms with van der Waals surface area (Å²) in [6.45, 7) is 3.69. The van der Waals surface area contributed by atoms with Gasteiger partial charge >= 0.3 is 16.5 Å². The van der Waals surface area contributed by atoms with Crippen LogP contribution in [0.5, 0.6) is 0 Å². The van der Waals surface area contributed by atoms with Crippen LogP contribution >= 0.6 is 0 Å². The number of hydrogen-bond acceptors (Lipinski definition) is 2. The van der Waals surface area contributed by atoms with Crippen molar-refractivity contribution < 1.29 is 9.98 Å². The van der Waals surface area contributed by atoms with Crippen molar-refractivity contribution in [2.75, 3.05) is 0 Å². The Morgan fingerprint density at radius 2 is 1.60 bits per heavy atom.